The van der Waals surface area contributed by atoms with Gasteiger partial charge in [0.05, 0.1) is 18.6 Å². The molecular weight excluding hydrogens is 387 g/mol. The average molecular weight is 408 g/mol. The fraction of sp³-hybridized carbons (Fsp3) is 0.263. The highest BCUT2D eigenvalue weighted by Gasteiger charge is 2.29. The van der Waals surface area contributed by atoms with E-state index in [-0.39, 0.29) is 22.7 Å². The molecule has 0 bridgehead atoms. The molecule has 0 aliphatic carbocycles. The number of nitrogens with one attached hydrogen (secondary N) is 1. The van der Waals surface area contributed by atoms with Crippen molar-refractivity contribution in [3.63, 3.8) is 0 Å². The standard InChI is InChI=1S/C19H21FN2O5S/c1-5-10-22(28(25,26)15-8-6-14(20)7-9-15)11-16(23)17-12(2)18(19(24)27-4)21-13(17)3/h5-9,21H,1,10-11H2,2-4H3. The number of esters is 1. The first-order valence-electron chi connectivity index (χ1n) is 8.30. The maximum absolute atomic E-state index is 13.1. The van der Waals surface area contributed by atoms with Crippen molar-refractivity contribution in [2.45, 2.75) is 18.7 Å². The van der Waals surface area contributed by atoms with Crippen LogP contribution >= 0.6 is 0 Å². The third-order valence-corrected chi connectivity index (χ3v) is 6.04. The minimum absolute atomic E-state index is 0.113. The molecule has 0 saturated carbocycles. The van der Waals surface area contributed by atoms with E-state index in [1.165, 1.54) is 13.2 Å². The molecule has 0 atom stereocenters. The first kappa shape index (κ1) is 21.5. The van der Waals surface area contributed by atoms with Gasteiger partial charge < -0.3 is 9.72 Å². The monoisotopic (exact) mass is 408 g/mol. The molecule has 0 amide bonds. The molecule has 150 valence electrons. The van der Waals surface area contributed by atoms with Gasteiger partial charge in [-0.25, -0.2) is 17.6 Å². The Bertz CT molecular complexity index is 1010. The molecule has 0 fully saturated rings. The van der Waals surface area contributed by atoms with Crippen LogP contribution in [-0.2, 0) is 14.8 Å². The molecule has 0 unspecified atom stereocenters. The van der Waals surface area contributed by atoms with Crippen molar-refractivity contribution in [1.82, 2.24) is 9.29 Å². The number of H-pyrrole nitrogens is 1. The summed E-state index contributed by atoms with van der Waals surface area (Å²) in [4.78, 5) is 27.3. The van der Waals surface area contributed by atoms with Crippen molar-refractivity contribution in [1.29, 1.82) is 0 Å². The summed E-state index contributed by atoms with van der Waals surface area (Å²) in [5, 5.41) is 0. The van der Waals surface area contributed by atoms with Gasteiger partial charge in [0, 0.05) is 17.8 Å². The third-order valence-electron chi connectivity index (χ3n) is 4.21. The number of hydrogen-bond acceptors (Lipinski definition) is 5. The number of aryl methyl sites for hydroxylation is 1. The molecule has 0 spiro atoms. The largest absolute Gasteiger partial charge is 0.464 e. The fourth-order valence-corrected chi connectivity index (χ4v) is 4.23. The van der Waals surface area contributed by atoms with Crippen molar-refractivity contribution < 1.29 is 27.1 Å². The highest BCUT2D eigenvalue weighted by atomic mass is 32.2. The van der Waals surface area contributed by atoms with Crippen LogP contribution in [-0.4, -0.2) is 49.7 Å². The summed E-state index contributed by atoms with van der Waals surface area (Å²) in [5.74, 6) is -1.69. The van der Waals surface area contributed by atoms with Crippen LogP contribution in [0.4, 0.5) is 4.39 Å². The molecule has 0 saturated heterocycles. The van der Waals surface area contributed by atoms with Crippen molar-refractivity contribution >= 4 is 21.8 Å². The average Bonchev–Trinajstić information content (AvgIpc) is 2.95. The Morgan fingerprint density at radius 2 is 1.86 bits per heavy atom. The Morgan fingerprint density at radius 1 is 1.25 bits per heavy atom. The number of halogens is 1. The number of sulfonamides is 1. The van der Waals surface area contributed by atoms with Crippen LogP contribution in [0.25, 0.3) is 0 Å². The van der Waals surface area contributed by atoms with E-state index in [1.54, 1.807) is 13.8 Å². The molecule has 1 N–H and O–H groups in total. The fourth-order valence-electron chi connectivity index (χ4n) is 2.86. The van der Waals surface area contributed by atoms with E-state index in [0.717, 1.165) is 28.6 Å². The topological polar surface area (TPSA) is 96.5 Å². The Balaban J connectivity index is 2.38. The lowest BCUT2D eigenvalue weighted by Crippen LogP contribution is -2.36. The number of nitrogens with zero attached hydrogens (tertiary/aromatic N) is 1. The second-order valence-electron chi connectivity index (χ2n) is 6.08. The van der Waals surface area contributed by atoms with E-state index in [4.69, 9.17) is 0 Å². The number of carbonyl (C=O) groups excluding carboxylic acids is 2. The maximum Gasteiger partial charge on any atom is 0.354 e. The number of ether oxygens (including phenoxy) is 1. The van der Waals surface area contributed by atoms with Gasteiger partial charge in [-0.1, -0.05) is 6.08 Å². The SMILES string of the molecule is C=CCN(CC(=O)c1c(C)[nH]c(C(=O)OC)c1C)S(=O)(=O)c1ccc(F)cc1. The Morgan fingerprint density at radius 3 is 2.39 bits per heavy atom. The summed E-state index contributed by atoms with van der Waals surface area (Å²) in [5.41, 5.74) is 1.18. The lowest BCUT2D eigenvalue weighted by Gasteiger charge is -2.20. The highest BCUT2D eigenvalue weighted by molar-refractivity contribution is 7.89. The van der Waals surface area contributed by atoms with Crippen LogP contribution in [0.3, 0.4) is 0 Å². The Kier molecular flexibility index (Phi) is 6.52. The number of Topliss-reactive ketones (excluding diaryl/α,β-unsaturated/α-hetero) is 1. The quantitative estimate of drug-likeness (QED) is 0.411. The summed E-state index contributed by atoms with van der Waals surface area (Å²) in [7, 11) is -2.83. The predicted octanol–water partition coefficient (Wildman–Crippen LogP) is 2.62. The maximum atomic E-state index is 13.1. The number of aromatic nitrogens is 1. The van der Waals surface area contributed by atoms with E-state index in [1.807, 2.05) is 0 Å². The van der Waals surface area contributed by atoms with Crippen LogP contribution in [0.2, 0.25) is 0 Å². The van der Waals surface area contributed by atoms with E-state index in [2.05, 4.69) is 16.3 Å². The smallest absolute Gasteiger partial charge is 0.354 e. The molecular formula is C19H21FN2O5S. The molecule has 2 rings (SSSR count). The molecule has 0 radical (unpaired) electrons. The predicted molar refractivity (Wildman–Crippen MR) is 101 cm³/mol. The van der Waals surface area contributed by atoms with Gasteiger partial charge in [-0.05, 0) is 43.7 Å². The van der Waals surface area contributed by atoms with Gasteiger partial charge in [-0.3, -0.25) is 4.79 Å². The first-order valence-corrected chi connectivity index (χ1v) is 9.74. The van der Waals surface area contributed by atoms with Crippen molar-refractivity contribution in [2.75, 3.05) is 20.2 Å². The summed E-state index contributed by atoms with van der Waals surface area (Å²) < 4.78 is 44.4. The van der Waals surface area contributed by atoms with Crippen LogP contribution in [0, 0.1) is 19.7 Å². The second-order valence-corrected chi connectivity index (χ2v) is 8.02. The summed E-state index contributed by atoms with van der Waals surface area (Å²) in [6.07, 6.45) is 1.35. The van der Waals surface area contributed by atoms with Gasteiger partial charge in [0.15, 0.2) is 5.78 Å². The molecule has 0 aliphatic heterocycles. The number of carbonyl (C=O) groups is 2. The number of methoxy groups -OCH3 is 1. The van der Waals surface area contributed by atoms with E-state index < -0.39 is 34.1 Å². The zero-order chi connectivity index (χ0) is 21.1. The minimum atomic E-state index is -4.05. The molecule has 2 aromatic rings. The number of benzene rings is 1. The van der Waals surface area contributed by atoms with Gasteiger partial charge in [-0.2, -0.15) is 4.31 Å². The Labute approximate surface area is 162 Å². The normalized spacial score (nSPS) is 11.5. The van der Waals surface area contributed by atoms with Crippen molar-refractivity contribution in [3.05, 3.63) is 65.3 Å². The van der Waals surface area contributed by atoms with Crippen LogP contribution in [0.5, 0.6) is 0 Å². The zero-order valence-corrected chi connectivity index (χ0v) is 16.6. The van der Waals surface area contributed by atoms with E-state index >= 15 is 0 Å². The van der Waals surface area contributed by atoms with Crippen molar-refractivity contribution in [2.24, 2.45) is 0 Å². The molecule has 0 aliphatic rings. The zero-order valence-electron chi connectivity index (χ0n) is 15.8. The molecule has 1 aromatic carbocycles. The van der Waals surface area contributed by atoms with E-state index in [0.29, 0.717) is 11.3 Å². The van der Waals surface area contributed by atoms with Gasteiger partial charge in [0.25, 0.3) is 0 Å². The number of aromatic amines is 1. The number of rotatable bonds is 8. The van der Waals surface area contributed by atoms with Gasteiger partial charge in [-0.15, -0.1) is 6.58 Å². The number of ketones is 1. The summed E-state index contributed by atoms with van der Waals surface area (Å²) in [6.45, 7) is 6.14. The number of hydrogen-bond donors (Lipinski definition) is 1. The first-order chi connectivity index (χ1) is 13.1. The lowest BCUT2D eigenvalue weighted by molar-refractivity contribution is 0.0594. The van der Waals surface area contributed by atoms with Crippen LogP contribution in [0.15, 0.2) is 41.8 Å². The minimum Gasteiger partial charge on any atom is -0.464 e. The summed E-state index contributed by atoms with van der Waals surface area (Å²) >= 11 is 0. The lowest BCUT2D eigenvalue weighted by atomic mass is 10.1. The van der Waals surface area contributed by atoms with Gasteiger partial charge >= 0.3 is 5.97 Å². The van der Waals surface area contributed by atoms with E-state index in [9.17, 15) is 22.4 Å². The van der Waals surface area contributed by atoms with Crippen LogP contribution in [0.1, 0.15) is 32.1 Å². The second kappa shape index (κ2) is 8.49. The molecule has 1 aromatic heterocycles. The molecule has 28 heavy (non-hydrogen) atoms. The van der Waals surface area contributed by atoms with Crippen LogP contribution < -0.4 is 0 Å². The van der Waals surface area contributed by atoms with Crippen molar-refractivity contribution in [3.8, 4) is 0 Å². The third kappa shape index (κ3) is 4.20. The summed E-state index contributed by atoms with van der Waals surface area (Å²) in [6, 6.07) is 4.33. The van der Waals surface area contributed by atoms with Gasteiger partial charge in [0.2, 0.25) is 10.0 Å². The highest BCUT2D eigenvalue weighted by Crippen LogP contribution is 2.22. The molecule has 7 nitrogen and oxygen atoms in total. The Hall–Kier alpha value is -2.78. The molecule has 9 heteroatoms. The van der Waals surface area contributed by atoms with Gasteiger partial charge in [0.1, 0.15) is 11.5 Å². The molecule has 1 heterocycles.